The van der Waals surface area contributed by atoms with Crippen LogP contribution in [0.4, 0.5) is 0 Å². The van der Waals surface area contributed by atoms with Crippen LogP contribution in [-0.4, -0.2) is 6.04 Å². The summed E-state index contributed by atoms with van der Waals surface area (Å²) in [6.07, 6.45) is 7.06. The van der Waals surface area contributed by atoms with Gasteiger partial charge >= 0.3 is 0 Å². The Kier molecular flexibility index (Phi) is 8.27. The van der Waals surface area contributed by atoms with Crippen molar-refractivity contribution in [1.82, 2.24) is 0 Å². The van der Waals surface area contributed by atoms with Gasteiger partial charge in [-0.25, -0.2) is 0 Å². The third-order valence-corrected chi connectivity index (χ3v) is 2.00. The van der Waals surface area contributed by atoms with E-state index in [-0.39, 0.29) is 0 Å². The third kappa shape index (κ3) is 7.63. The molecule has 12 heavy (non-hydrogen) atoms. The van der Waals surface area contributed by atoms with Gasteiger partial charge in [-0.2, -0.15) is 0 Å². The Morgan fingerprint density at radius 1 is 1.25 bits per heavy atom. The largest absolute Gasteiger partial charge is 0.328 e. The van der Waals surface area contributed by atoms with Crippen LogP contribution in [-0.2, 0) is 0 Å². The van der Waals surface area contributed by atoms with Crippen molar-refractivity contribution in [3.8, 4) is 11.8 Å². The van der Waals surface area contributed by atoms with E-state index < -0.39 is 0 Å². The molecule has 0 fully saturated rings. The lowest BCUT2D eigenvalue weighted by atomic mass is 10.1. The van der Waals surface area contributed by atoms with E-state index >= 15 is 0 Å². The van der Waals surface area contributed by atoms with Gasteiger partial charge in [-0.15, -0.1) is 11.8 Å². The first-order valence-corrected chi connectivity index (χ1v) is 4.96. The maximum atomic E-state index is 5.89. The van der Waals surface area contributed by atoms with Crippen molar-refractivity contribution >= 4 is 0 Å². The highest BCUT2D eigenvalue weighted by Crippen LogP contribution is 2.05. The average molecular weight is 167 g/mol. The molecule has 1 heteroatoms. The highest BCUT2D eigenvalue weighted by molar-refractivity contribution is 4.95. The highest BCUT2D eigenvalue weighted by Gasteiger charge is 1.99. The molecule has 0 aliphatic heterocycles. The molecule has 1 unspecified atom stereocenters. The Morgan fingerprint density at radius 2 is 2.00 bits per heavy atom. The molecule has 0 heterocycles. The lowest BCUT2D eigenvalue weighted by Gasteiger charge is -2.08. The molecule has 2 N–H and O–H groups in total. The van der Waals surface area contributed by atoms with E-state index in [4.69, 9.17) is 5.73 Å². The maximum absolute atomic E-state index is 5.89. The number of nitrogens with two attached hydrogens (primary N) is 1. The molecule has 0 spiro atoms. The molecule has 0 saturated carbocycles. The van der Waals surface area contributed by atoms with Crippen LogP contribution >= 0.6 is 0 Å². The van der Waals surface area contributed by atoms with Crippen LogP contribution in [0.25, 0.3) is 0 Å². The van der Waals surface area contributed by atoms with E-state index in [2.05, 4.69) is 18.8 Å². The lowest BCUT2D eigenvalue weighted by molar-refractivity contribution is 0.535. The fraction of sp³-hybridized carbons (Fsp3) is 0.818. The first-order valence-electron chi connectivity index (χ1n) is 4.96. The second kappa shape index (κ2) is 8.62. The van der Waals surface area contributed by atoms with Gasteiger partial charge in [-0.05, 0) is 19.8 Å². The van der Waals surface area contributed by atoms with Crippen LogP contribution in [0.15, 0.2) is 0 Å². The van der Waals surface area contributed by atoms with E-state index in [0.717, 1.165) is 12.8 Å². The second-order valence-electron chi connectivity index (χ2n) is 3.22. The Hall–Kier alpha value is -0.480. The van der Waals surface area contributed by atoms with Gasteiger partial charge in [0, 0.05) is 12.5 Å². The minimum atomic E-state index is 0.373. The quantitative estimate of drug-likeness (QED) is 0.477. The van der Waals surface area contributed by atoms with Gasteiger partial charge in [0.1, 0.15) is 0 Å². The molecule has 0 aliphatic carbocycles. The van der Waals surface area contributed by atoms with Crippen LogP contribution < -0.4 is 5.73 Å². The van der Waals surface area contributed by atoms with Crippen LogP contribution in [0.3, 0.4) is 0 Å². The van der Waals surface area contributed by atoms with E-state index in [1.54, 1.807) is 0 Å². The molecule has 0 bridgehead atoms. The van der Waals surface area contributed by atoms with Crippen molar-refractivity contribution in [2.75, 3.05) is 0 Å². The fourth-order valence-electron chi connectivity index (χ4n) is 1.18. The minimum absolute atomic E-state index is 0.373. The van der Waals surface area contributed by atoms with Gasteiger partial charge in [-0.3, -0.25) is 0 Å². The van der Waals surface area contributed by atoms with E-state index in [1.807, 2.05) is 6.92 Å². The molecule has 1 atom stereocenters. The predicted octanol–water partition coefficient (Wildman–Crippen LogP) is 2.70. The van der Waals surface area contributed by atoms with Gasteiger partial charge in [0.25, 0.3) is 0 Å². The average Bonchev–Trinajstić information content (AvgIpc) is 2.06. The molecule has 0 saturated heterocycles. The van der Waals surface area contributed by atoms with Gasteiger partial charge in [-0.1, -0.05) is 26.2 Å². The van der Waals surface area contributed by atoms with Gasteiger partial charge in [0.05, 0.1) is 0 Å². The third-order valence-electron chi connectivity index (χ3n) is 2.00. The Morgan fingerprint density at radius 3 is 2.58 bits per heavy atom. The van der Waals surface area contributed by atoms with E-state index in [9.17, 15) is 0 Å². The van der Waals surface area contributed by atoms with E-state index in [1.165, 1.54) is 25.7 Å². The number of rotatable bonds is 6. The Labute approximate surface area is 76.7 Å². The molecule has 1 nitrogen and oxygen atoms in total. The first kappa shape index (κ1) is 11.5. The molecule has 0 aliphatic rings. The van der Waals surface area contributed by atoms with Crippen molar-refractivity contribution in [3.05, 3.63) is 0 Å². The summed E-state index contributed by atoms with van der Waals surface area (Å²) in [5, 5.41) is 0. The predicted molar refractivity (Wildman–Crippen MR) is 54.8 cm³/mol. The summed E-state index contributed by atoms with van der Waals surface area (Å²) in [5.74, 6) is 5.92. The molecule has 0 aromatic rings. The number of hydrogen-bond donors (Lipinski definition) is 1. The van der Waals surface area contributed by atoms with Gasteiger partial charge in [0.2, 0.25) is 0 Å². The fourth-order valence-corrected chi connectivity index (χ4v) is 1.18. The Bertz CT molecular complexity index is 141. The smallest absolute Gasteiger partial charge is 0.0103 e. The maximum Gasteiger partial charge on any atom is 0.0103 e. The van der Waals surface area contributed by atoms with Crippen LogP contribution in [0.2, 0.25) is 0 Å². The summed E-state index contributed by atoms with van der Waals surface area (Å²) in [6, 6.07) is 0.373. The SMILES string of the molecule is CC#CCCC(N)CCCCC. The number of unbranched alkanes of at least 4 members (excludes halogenated alkanes) is 2. The zero-order chi connectivity index (χ0) is 9.23. The molecule has 0 amide bonds. The summed E-state index contributed by atoms with van der Waals surface area (Å²) < 4.78 is 0. The van der Waals surface area contributed by atoms with E-state index in [0.29, 0.717) is 6.04 Å². The second-order valence-corrected chi connectivity index (χ2v) is 3.22. The minimum Gasteiger partial charge on any atom is -0.328 e. The van der Waals surface area contributed by atoms with Crippen LogP contribution in [0, 0.1) is 11.8 Å². The molecule has 0 aromatic carbocycles. The monoisotopic (exact) mass is 167 g/mol. The summed E-state index contributed by atoms with van der Waals surface area (Å²) in [5.41, 5.74) is 5.89. The normalized spacial score (nSPS) is 11.9. The standard InChI is InChI=1S/C11H21N/c1-3-5-7-9-11(12)10-8-6-4-2/h11H,3,5,7-10,12H2,1-2H3. The summed E-state index contributed by atoms with van der Waals surface area (Å²) in [7, 11) is 0. The Balaban J connectivity index is 3.19. The van der Waals surface area contributed by atoms with Crippen molar-refractivity contribution in [2.45, 2.75) is 58.4 Å². The van der Waals surface area contributed by atoms with Crippen molar-refractivity contribution in [3.63, 3.8) is 0 Å². The molecule has 70 valence electrons. The van der Waals surface area contributed by atoms with Crippen molar-refractivity contribution < 1.29 is 0 Å². The van der Waals surface area contributed by atoms with Crippen molar-refractivity contribution in [1.29, 1.82) is 0 Å². The summed E-state index contributed by atoms with van der Waals surface area (Å²) >= 11 is 0. The molecular formula is C11H21N. The van der Waals surface area contributed by atoms with Crippen molar-refractivity contribution in [2.24, 2.45) is 5.73 Å². The van der Waals surface area contributed by atoms with Gasteiger partial charge < -0.3 is 5.73 Å². The zero-order valence-corrected chi connectivity index (χ0v) is 8.40. The number of hydrogen-bond acceptors (Lipinski definition) is 1. The first-order chi connectivity index (χ1) is 5.81. The molecular weight excluding hydrogens is 146 g/mol. The lowest BCUT2D eigenvalue weighted by Crippen LogP contribution is -2.19. The summed E-state index contributed by atoms with van der Waals surface area (Å²) in [4.78, 5) is 0. The zero-order valence-electron chi connectivity index (χ0n) is 8.40. The van der Waals surface area contributed by atoms with Gasteiger partial charge in [0.15, 0.2) is 0 Å². The molecule has 0 radical (unpaired) electrons. The topological polar surface area (TPSA) is 26.0 Å². The molecule has 0 aromatic heterocycles. The molecule has 0 rings (SSSR count). The highest BCUT2D eigenvalue weighted by atomic mass is 14.6. The van der Waals surface area contributed by atoms with Crippen LogP contribution in [0.5, 0.6) is 0 Å². The van der Waals surface area contributed by atoms with Crippen LogP contribution in [0.1, 0.15) is 52.4 Å². The summed E-state index contributed by atoms with van der Waals surface area (Å²) in [6.45, 7) is 4.09.